The number of hydrogen-bond donors (Lipinski definition) is 2. The smallest absolute Gasteiger partial charge is 0.225 e. The highest BCUT2D eigenvalue weighted by Gasteiger charge is 2.20. The molecule has 0 saturated carbocycles. The molecule has 0 spiro atoms. The van der Waals surface area contributed by atoms with Crippen LogP contribution in [0.4, 0.5) is 5.82 Å². The Morgan fingerprint density at radius 3 is 3.07 bits per heavy atom. The van der Waals surface area contributed by atoms with Gasteiger partial charge in [0.1, 0.15) is 0 Å². The molecule has 0 atom stereocenters. The predicted molar refractivity (Wildman–Crippen MR) is 58.9 cm³/mol. The molecule has 1 fully saturated rings. The second-order valence-corrected chi connectivity index (χ2v) is 4.02. The van der Waals surface area contributed by atoms with Gasteiger partial charge in [-0.3, -0.25) is 4.79 Å². The van der Waals surface area contributed by atoms with E-state index in [1.165, 1.54) is 0 Å². The first-order valence-corrected chi connectivity index (χ1v) is 5.24. The van der Waals surface area contributed by atoms with E-state index in [1.807, 2.05) is 0 Å². The third-order valence-electron chi connectivity index (χ3n) is 2.36. The lowest BCUT2D eigenvalue weighted by Crippen LogP contribution is -2.43. The SMILES string of the molecule is O=C(CC1CNC1)Nc1ncccc1Cl. The van der Waals surface area contributed by atoms with Crippen LogP contribution in [0.25, 0.3) is 0 Å². The molecule has 2 rings (SSSR count). The fourth-order valence-corrected chi connectivity index (χ4v) is 1.58. The quantitative estimate of drug-likeness (QED) is 0.815. The number of nitrogens with zero attached hydrogens (tertiary/aromatic N) is 1. The maximum Gasteiger partial charge on any atom is 0.225 e. The van der Waals surface area contributed by atoms with E-state index >= 15 is 0 Å². The molecular formula is C10H12ClN3O. The second-order valence-electron chi connectivity index (χ2n) is 3.61. The summed E-state index contributed by atoms with van der Waals surface area (Å²) in [5.41, 5.74) is 0. The minimum Gasteiger partial charge on any atom is -0.316 e. The minimum atomic E-state index is -0.0258. The third kappa shape index (κ3) is 2.67. The molecule has 1 aromatic heterocycles. The van der Waals surface area contributed by atoms with E-state index in [0.717, 1.165) is 13.1 Å². The number of nitrogens with one attached hydrogen (secondary N) is 2. The van der Waals surface area contributed by atoms with Crippen molar-refractivity contribution in [3.8, 4) is 0 Å². The van der Waals surface area contributed by atoms with Crippen LogP contribution in [0, 0.1) is 5.92 Å². The monoisotopic (exact) mass is 225 g/mol. The van der Waals surface area contributed by atoms with Crippen molar-refractivity contribution in [2.24, 2.45) is 5.92 Å². The van der Waals surface area contributed by atoms with Gasteiger partial charge < -0.3 is 10.6 Å². The number of pyridine rings is 1. The highest BCUT2D eigenvalue weighted by molar-refractivity contribution is 6.33. The first-order valence-electron chi connectivity index (χ1n) is 4.87. The fraction of sp³-hybridized carbons (Fsp3) is 0.400. The summed E-state index contributed by atoms with van der Waals surface area (Å²) in [7, 11) is 0. The summed E-state index contributed by atoms with van der Waals surface area (Å²) in [5, 5.41) is 6.29. The molecule has 0 bridgehead atoms. The standard InChI is InChI=1S/C10H12ClN3O/c11-8-2-1-3-13-10(8)14-9(15)4-7-5-12-6-7/h1-3,7,12H,4-6H2,(H,13,14,15). The summed E-state index contributed by atoms with van der Waals surface area (Å²) in [6.45, 7) is 1.84. The average Bonchev–Trinajstić information content (AvgIpc) is 2.16. The van der Waals surface area contributed by atoms with Gasteiger partial charge in [-0.25, -0.2) is 4.98 Å². The van der Waals surface area contributed by atoms with Crippen LogP contribution < -0.4 is 10.6 Å². The lowest BCUT2D eigenvalue weighted by Gasteiger charge is -2.26. The Kier molecular flexibility index (Phi) is 3.18. The van der Waals surface area contributed by atoms with Gasteiger partial charge in [0.15, 0.2) is 5.82 Å². The number of carbonyl (C=O) groups excluding carboxylic acids is 1. The Bertz CT molecular complexity index is 365. The van der Waals surface area contributed by atoms with E-state index in [1.54, 1.807) is 18.3 Å². The van der Waals surface area contributed by atoms with Crippen LogP contribution in [-0.2, 0) is 4.79 Å². The molecule has 1 aliphatic heterocycles. The van der Waals surface area contributed by atoms with Crippen LogP contribution >= 0.6 is 11.6 Å². The third-order valence-corrected chi connectivity index (χ3v) is 2.66. The summed E-state index contributed by atoms with van der Waals surface area (Å²) in [6, 6.07) is 3.43. The van der Waals surface area contributed by atoms with Gasteiger partial charge in [0.05, 0.1) is 5.02 Å². The van der Waals surface area contributed by atoms with Crippen molar-refractivity contribution in [3.63, 3.8) is 0 Å². The van der Waals surface area contributed by atoms with E-state index in [9.17, 15) is 4.79 Å². The molecule has 1 aromatic rings. The van der Waals surface area contributed by atoms with Gasteiger partial charge in [0.2, 0.25) is 5.91 Å². The summed E-state index contributed by atoms with van der Waals surface area (Å²) in [5.74, 6) is 0.867. The van der Waals surface area contributed by atoms with E-state index in [0.29, 0.717) is 23.2 Å². The zero-order valence-electron chi connectivity index (χ0n) is 8.16. The van der Waals surface area contributed by atoms with Gasteiger partial charge in [-0.15, -0.1) is 0 Å². The summed E-state index contributed by atoms with van der Waals surface area (Å²) >= 11 is 5.86. The molecule has 0 aromatic carbocycles. The Labute approximate surface area is 93.0 Å². The zero-order valence-corrected chi connectivity index (χ0v) is 8.92. The summed E-state index contributed by atoms with van der Waals surface area (Å²) < 4.78 is 0. The van der Waals surface area contributed by atoms with E-state index < -0.39 is 0 Å². The van der Waals surface area contributed by atoms with Crippen LogP contribution in [0.2, 0.25) is 5.02 Å². The van der Waals surface area contributed by atoms with Gasteiger partial charge >= 0.3 is 0 Å². The van der Waals surface area contributed by atoms with Crippen molar-refractivity contribution in [2.75, 3.05) is 18.4 Å². The van der Waals surface area contributed by atoms with Gasteiger partial charge in [0, 0.05) is 12.6 Å². The average molecular weight is 226 g/mol. The molecule has 5 heteroatoms. The van der Waals surface area contributed by atoms with Crippen LogP contribution in [0.1, 0.15) is 6.42 Å². The van der Waals surface area contributed by atoms with Crippen LogP contribution in [0.5, 0.6) is 0 Å². The Balaban J connectivity index is 1.90. The molecule has 2 N–H and O–H groups in total. The van der Waals surface area contributed by atoms with Crippen LogP contribution in [0.15, 0.2) is 18.3 Å². The summed E-state index contributed by atoms with van der Waals surface area (Å²) in [4.78, 5) is 15.5. The van der Waals surface area contributed by atoms with Crippen molar-refractivity contribution in [2.45, 2.75) is 6.42 Å². The largest absolute Gasteiger partial charge is 0.316 e. The van der Waals surface area contributed by atoms with Gasteiger partial charge in [-0.05, 0) is 31.1 Å². The first kappa shape index (κ1) is 10.4. The van der Waals surface area contributed by atoms with E-state index in [4.69, 9.17) is 11.6 Å². The number of halogens is 1. The lowest BCUT2D eigenvalue weighted by atomic mass is 9.99. The van der Waals surface area contributed by atoms with Crippen molar-refractivity contribution in [1.29, 1.82) is 0 Å². The zero-order chi connectivity index (χ0) is 10.7. The van der Waals surface area contributed by atoms with Crippen molar-refractivity contribution >= 4 is 23.3 Å². The molecule has 0 aliphatic carbocycles. The maximum absolute atomic E-state index is 11.5. The Morgan fingerprint density at radius 1 is 1.67 bits per heavy atom. The van der Waals surface area contributed by atoms with Gasteiger partial charge in [-0.1, -0.05) is 11.6 Å². The molecule has 0 radical (unpaired) electrons. The normalized spacial score (nSPS) is 15.8. The molecule has 80 valence electrons. The number of anilines is 1. The number of carbonyl (C=O) groups is 1. The molecule has 15 heavy (non-hydrogen) atoms. The molecule has 1 amide bonds. The number of hydrogen-bond acceptors (Lipinski definition) is 3. The Morgan fingerprint density at radius 2 is 2.47 bits per heavy atom. The lowest BCUT2D eigenvalue weighted by molar-refractivity contribution is -0.117. The van der Waals surface area contributed by atoms with Crippen LogP contribution in [0.3, 0.4) is 0 Å². The Hall–Kier alpha value is -1.13. The predicted octanol–water partition coefficient (Wildman–Crippen LogP) is 1.28. The van der Waals surface area contributed by atoms with Gasteiger partial charge in [0.25, 0.3) is 0 Å². The topological polar surface area (TPSA) is 54.0 Å². The first-order chi connectivity index (χ1) is 7.25. The van der Waals surface area contributed by atoms with Crippen LogP contribution in [-0.4, -0.2) is 24.0 Å². The van der Waals surface area contributed by atoms with E-state index in [-0.39, 0.29) is 5.91 Å². The molecule has 1 aliphatic rings. The molecular weight excluding hydrogens is 214 g/mol. The number of aromatic nitrogens is 1. The van der Waals surface area contributed by atoms with E-state index in [2.05, 4.69) is 15.6 Å². The number of amides is 1. The number of rotatable bonds is 3. The van der Waals surface area contributed by atoms with Crippen molar-refractivity contribution < 1.29 is 4.79 Å². The summed E-state index contributed by atoms with van der Waals surface area (Å²) in [6.07, 6.45) is 2.13. The second kappa shape index (κ2) is 4.59. The molecule has 2 heterocycles. The minimum absolute atomic E-state index is 0.0258. The fourth-order valence-electron chi connectivity index (χ4n) is 1.42. The van der Waals surface area contributed by atoms with Crippen molar-refractivity contribution in [1.82, 2.24) is 10.3 Å². The molecule has 1 saturated heterocycles. The molecule has 4 nitrogen and oxygen atoms in total. The highest BCUT2D eigenvalue weighted by atomic mass is 35.5. The van der Waals surface area contributed by atoms with Gasteiger partial charge in [-0.2, -0.15) is 0 Å². The maximum atomic E-state index is 11.5. The highest BCUT2D eigenvalue weighted by Crippen LogP contribution is 2.18. The van der Waals surface area contributed by atoms with Crippen molar-refractivity contribution in [3.05, 3.63) is 23.4 Å². The molecule has 0 unspecified atom stereocenters.